The van der Waals surface area contributed by atoms with Crippen LogP contribution in [0.1, 0.15) is 20.3 Å². The van der Waals surface area contributed by atoms with Crippen LogP contribution in [-0.2, 0) is 4.74 Å². The Morgan fingerprint density at radius 1 is 1.55 bits per heavy atom. The lowest BCUT2D eigenvalue weighted by atomic mass is 10.2. The monoisotopic (exact) mass is 155 g/mol. The van der Waals surface area contributed by atoms with E-state index in [0.29, 0.717) is 12.6 Å². The van der Waals surface area contributed by atoms with Gasteiger partial charge >= 0.3 is 0 Å². The van der Waals surface area contributed by atoms with Gasteiger partial charge in [0.15, 0.2) is 0 Å². The van der Waals surface area contributed by atoms with Crippen LogP contribution >= 0.6 is 0 Å². The summed E-state index contributed by atoms with van der Waals surface area (Å²) in [5, 5.41) is 3.25. The van der Waals surface area contributed by atoms with E-state index >= 15 is 0 Å². The summed E-state index contributed by atoms with van der Waals surface area (Å²) in [6, 6.07) is 0.324. The highest BCUT2D eigenvalue weighted by atomic mass is 16.5. The Morgan fingerprint density at radius 3 is 2.73 bits per heavy atom. The molecule has 0 saturated carbocycles. The van der Waals surface area contributed by atoms with Crippen molar-refractivity contribution in [1.82, 2.24) is 5.32 Å². The van der Waals surface area contributed by atoms with Crippen molar-refractivity contribution in [3.8, 4) is 12.3 Å². The van der Waals surface area contributed by atoms with E-state index in [1.54, 1.807) is 0 Å². The third-order valence-corrected chi connectivity index (χ3v) is 1.38. The zero-order chi connectivity index (χ0) is 8.53. The second-order valence-corrected chi connectivity index (χ2v) is 2.32. The third-order valence-electron chi connectivity index (χ3n) is 1.38. The van der Waals surface area contributed by atoms with Crippen LogP contribution in [0.3, 0.4) is 0 Å². The topological polar surface area (TPSA) is 21.3 Å². The Balaban J connectivity index is 3.44. The highest BCUT2D eigenvalue weighted by molar-refractivity contribution is 4.89. The van der Waals surface area contributed by atoms with Gasteiger partial charge in [0.25, 0.3) is 0 Å². The van der Waals surface area contributed by atoms with Crippen molar-refractivity contribution in [2.24, 2.45) is 0 Å². The SMILES string of the molecule is C#CCC(COCC)NCC. The molecule has 0 aromatic carbocycles. The lowest BCUT2D eigenvalue weighted by molar-refractivity contribution is 0.124. The number of ether oxygens (including phenoxy) is 1. The van der Waals surface area contributed by atoms with Crippen LogP contribution in [0.15, 0.2) is 0 Å². The second kappa shape index (κ2) is 7.59. The maximum atomic E-state index is 5.24. The van der Waals surface area contributed by atoms with Crippen LogP contribution < -0.4 is 5.32 Å². The van der Waals surface area contributed by atoms with Crippen LogP contribution in [0.25, 0.3) is 0 Å². The standard InChI is InChI=1S/C9H17NO/c1-4-7-9(10-5-2)8-11-6-3/h1,9-10H,5-8H2,2-3H3. The lowest BCUT2D eigenvalue weighted by Crippen LogP contribution is -2.32. The molecule has 0 aromatic heterocycles. The van der Waals surface area contributed by atoms with Crippen molar-refractivity contribution in [2.45, 2.75) is 26.3 Å². The van der Waals surface area contributed by atoms with E-state index in [1.165, 1.54) is 0 Å². The van der Waals surface area contributed by atoms with Crippen molar-refractivity contribution < 1.29 is 4.74 Å². The summed E-state index contributed by atoms with van der Waals surface area (Å²) in [6.45, 7) is 6.47. The summed E-state index contributed by atoms with van der Waals surface area (Å²) in [7, 11) is 0. The fourth-order valence-electron chi connectivity index (χ4n) is 0.881. The Labute approximate surface area is 69.3 Å². The van der Waals surface area contributed by atoms with Gasteiger partial charge in [0.2, 0.25) is 0 Å². The Hall–Kier alpha value is -0.520. The first-order valence-corrected chi connectivity index (χ1v) is 4.09. The van der Waals surface area contributed by atoms with E-state index in [0.717, 1.165) is 19.6 Å². The molecule has 2 heteroatoms. The molecule has 0 radical (unpaired) electrons. The molecule has 0 aliphatic rings. The minimum Gasteiger partial charge on any atom is -0.380 e. The van der Waals surface area contributed by atoms with Gasteiger partial charge in [-0.15, -0.1) is 12.3 Å². The van der Waals surface area contributed by atoms with Crippen molar-refractivity contribution in [3.05, 3.63) is 0 Å². The van der Waals surface area contributed by atoms with Crippen LogP contribution in [0.5, 0.6) is 0 Å². The van der Waals surface area contributed by atoms with Crippen molar-refractivity contribution in [3.63, 3.8) is 0 Å². The maximum absolute atomic E-state index is 5.24. The average molecular weight is 155 g/mol. The molecule has 1 N–H and O–H groups in total. The Bertz CT molecular complexity index is 117. The minimum absolute atomic E-state index is 0.324. The van der Waals surface area contributed by atoms with Gasteiger partial charge < -0.3 is 10.1 Å². The Morgan fingerprint density at radius 2 is 2.27 bits per heavy atom. The molecule has 0 amide bonds. The van der Waals surface area contributed by atoms with Gasteiger partial charge in [-0.2, -0.15) is 0 Å². The van der Waals surface area contributed by atoms with E-state index in [9.17, 15) is 0 Å². The predicted octanol–water partition coefficient (Wildman–Crippen LogP) is 1.02. The first kappa shape index (κ1) is 10.5. The summed E-state index contributed by atoms with van der Waals surface area (Å²) >= 11 is 0. The summed E-state index contributed by atoms with van der Waals surface area (Å²) in [5.41, 5.74) is 0. The minimum atomic E-state index is 0.324. The second-order valence-electron chi connectivity index (χ2n) is 2.32. The van der Waals surface area contributed by atoms with Crippen LogP contribution in [0.4, 0.5) is 0 Å². The average Bonchev–Trinajstić information content (AvgIpc) is 2.01. The number of nitrogens with one attached hydrogen (secondary N) is 1. The number of hydrogen-bond donors (Lipinski definition) is 1. The van der Waals surface area contributed by atoms with E-state index in [1.807, 2.05) is 6.92 Å². The normalized spacial score (nSPS) is 12.5. The number of rotatable bonds is 6. The number of hydrogen-bond acceptors (Lipinski definition) is 2. The van der Waals surface area contributed by atoms with Crippen LogP contribution in [0.2, 0.25) is 0 Å². The molecule has 2 nitrogen and oxygen atoms in total. The zero-order valence-corrected chi connectivity index (χ0v) is 7.39. The van der Waals surface area contributed by atoms with Gasteiger partial charge in [-0.05, 0) is 13.5 Å². The van der Waals surface area contributed by atoms with Crippen molar-refractivity contribution in [2.75, 3.05) is 19.8 Å². The van der Waals surface area contributed by atoms with Crippen LogP contribution in [-0.4, -0.2) is 25.8 Å². The molecule has 0 aliphatic carbocycles. The number of likely N-dealkylation sites (N-methyl/N-ethyl adjacent to an activating group) is 1. The molecule has 1 atom stereocenters. The summed E-state index contributed by atoms with van der Waals surface area (Å²) in [5.74, 6) is 2.62. The molecule has 0 fully saturated rings. The van der Waals surface area contributed by atoms with E-state index in [2.05, 4.69) is 18.2 Å². The summed E-state index contributed by atoms with van der Waals surface area (Å²) < 4.78 is 5.24. The molecule has 0 saturated heterocycles. The highest BCUT2D eigenvalue weighted by Crippen LogP contribution is 1.91. The third kappa shape index (κ3) is 5.90. The fraction of sp³-hybridized carbons (Fsp3) is 0.778. The predicted molar refractivity (Wildman–Crippen MR) is 47.4 cm³/mol. The molecule has 0 aliphatic heterocycles. The molecular weight excluding hydrogens is 138 g/mol. The van der Waals surface area contributed by atoms with Gasteiger partial charge in [0.05, 0.1) is 6.61 Å². The van der Waals surface area contributed by atoms with E-state index < -0.39 is 0 Å². The van der Waals surface area contributed by atoms with E-state index in [-0.39, 0.29) is 0 Å². The largest absolute Gasteiger partial charge is 0.380 e. The first-order valence-electron chi connectivity index (χ1n) is 4.09. The first-order chi connectivity index (χ1) is 5.35. The lowest BCUT2D eigenvalue weighted by Gasteiger charge is -2.14. The summed E-state index contributed by atoms with van der Waals surface area (Å²) in [4.78, 5) is 0. The zero-order valence-electron chi connectivity index (χ0n) is 7.39. The molecule has 0 spiro atoms. The van der Waals surface area contributed by atoms with Gasteiger partial charge in [-0.1, -0.05) is 6.92 Å². The summed E-state index contributed by atoms with van der Waals surface area (Å²) in [6.07, 6.45) is 5.93. The molecule has 0 aromatic rings. The van der Waals surface area contributed by atoms with Gasteiger partial charge in [0.1, 0.15) is 0 Å². The van der Waals surface area contributed by atoms with Gasteiger partial charge in [-0.3, -0.25) is 0 Å². The maximum Gasteiger partial charge on any atom is 0.0628 e. The van der Waals surface area contributed by atoms with Gasteiger partial charge in [-0.25, -0.2) is 0 Å². The van der Waals surface area contributed by atoms with Crippen molar-refractivity contribution >= 4 is 0 Å². The molecule has 0 heterocycles. The van der Waals surface area contributed by atoms with Crippen molar-refractivity contribution in [1.29, 1.82) is 0 Å². The molecule has 11 heavy (non-hydrogen) atoms. The fourth-order valence-corrected chi connectivity index (χ4v) is 0.881. The molecule has 0 bridgehead atoms. The quantitative estimate of drug-likeness (QED) is 0.578. The smallest absolute Gasteiger partial charge is 0.0628 e. The van der Waals surface area contributed by atoms with Gasteiger partial charge in [0, 0.05) is 19.1 Å². The molecule has 1 unspecified atom stereocenters. The number of terminal acetylenes is 1. The molecule has 64 valence electrons. The Kier molecular flexibility index (Phi) is 7.23. The van der Waals surface area contributed by atoms with Crippen LogP contribution in [0, 0.1) is 12.3 Å². The molecule has 0 rings (SSSR count). The van der Waals surface area contributed by atoms with E-state index in [4.69, 9.17) is 11.2 Å². The molecular formula is C9H17NO. The highest BCUT2D eigenvalue weighted by Gasteiger charge is 2.03.